The number of nitrogens with zero attached hydrogens (tertiary/aromatic N) is 3. The van der Waals surface area contributed by atoms with Gasteiger partial charge in [0.2, 0.25) is 5.88 Å². The summed E-state index contributed by atoms with van der Waals surface area (Å²) >= 11 is 0. The second-order valence-corrected chi connectivity index (χ2v) is 4.12. The zero-order chi connectivity index (χ0) is 13.9. The van der Waals surface area contributed by atoms with Crippen LogP contribution in [0.5, 0.6) is 5.88 Å². The van der Waals surface area contributed by atoms with Crippen LogP contribution in [-0.2, 0) is 6.54 Å². The minimum absolute atomic E-state index is 0.267. The van der Waals surface area contributed by atoms with Crippen LogP contribution >= 0.6 is 0 Å². The van der Waals surface area contributed by atoms with E-state index in [2.05, 4.69) is 30.2 Å². The number of ether oxygens (including phenoxy) is 1. The lowest BCUT2D eigenvalue weighted by atomic mass is 10.2. The van der Waals surface area contributed by atoms with E-state index >= 15 is 0 Å². The van der Waals surface area contributed by atoms with Crippen molar-refractivity contribution in [3.63, 3.8) is 0 Å². The van der Waals surface area contributed by atoms with E-state index in [9.17, 15) is 4.79 Å². The summed E-state index contributed by atoms with van der Waals surface area (Å²) in [5.74, 6) is 1.05. The Bertz CT molecular complexity index is 794. The zero-order valence-corrected chi connectivity index (χ0v) is 10.7. The zero-order valence-electron chi connectivity index (χ0n) is 10.7. The number of anilines is 1. The highest BCUT2D eigenvalue weighted by Crippen LogP contribution is 2.11. The van der Waals surface area contributed by atoms with E-state index < -0.39 is 0 Å². The molecule has 0 aromatic carbocycles. The van der Waals surface area contributed by atoms with Gasteiger partial charge in [-0.15, -0.1) is 0 Å². The number of aromatic nitrogens is 5. The van der Waals surface area contributed by atoms with Crippen LogP contribution in [-0.4, -0.2) is 32.0 Å². The Balaban J connectivity index is 1.77. The highest BCUT2D eigenvalue weighted by molar-refractivity contribution is 5.70. The van der Waals surface area contributed by atoms with Gasteiger partial charge in [-0.2, -0.15) is 4.98 Å². The Morgan fingerprint density at radius 2 is 2.20 bits per heavy atom. The van der Waals surface area contributed by atoms with E-state index in [0.717, 1.165) is 5.56 Å². The smallest absolute Gasteiger partial charge is 0.325 e. The largest absolute Gasteiger partial charge is 0.480 e. The fraction of sp³-hybridized carbons (Fsp3) is 0.167. The molecule has 3 aromatic heterocycles. The molecule has 8 heteroatoms. The third-order valence-corrected chi connectivity index (χ3v) is 2.72. The summed E-state index contributed by atoms with van der Waals surface area (Å²) in [6.07, 6.45) is 4.82. The van der Waals surface area contributed by atoms with Crippen LogP contribution < -0.4 is 15.7 Å². The van der Waals surface area contributed by atoms with Crippen molar-refractivity contribution in [2.24, 2.45) is 0 Å². The van der Waals surface area contributed by atoms with Gasteiger partial charge in [-0.05, 0) is 11.6 Å². The molecule has 0 aliphatic rings. The van der Waals surface area contributed by atoms with Gasteiger partial charge in [-0.3, -0.25) is 9.97 Å². The van der Waals surface area contributed by atoms with Crippen molar-refractivity contribution in [3.8, 4) is 5.88 Å². The molecule has 0 unspecified atom stereocenters. The molecule has 0 radical (unpaired) electrons. The fourth-order valence-corrected chi connectivity index (χ4v) is 1.78. The van der Waals surface area contributed by atoms with Gasteiger partial charge in [0.15, 0.2) is 5.65 Å². The Labute approximate surface area is 113 Å². The summed E-state index contributed by atoms with van der Waals surface area (Å²) in [4.78, 5) is 28.8. The summed E-state index contributed by atoms with van der Waals surface area (Å²) in [6, 6.07) is 1.85. The molecule has 0 saturated carbocycles. The summed E-state index contributed by atoms with van der Waals surface area (Å²) in [7, 11) is 1.54. The van der Waals surface area contributed by atoms with Gasteiger partial charge < -0.3 is 15.0 Å². The number of fused-ring (bicyclic) bond motifs is 1. The van der Waals surface area contributed by atoms with Crippen molar-refractivity contribution in [1.29, 1.82) is 0 Å². The van der Waals surface area contributed by atoms with E-state index in [1.54, 1.807) is 12.4 Å². The molecular weight excluding hydrogens is 260 g/mol. The minimum Gasteiger partial charge on any atom is -0.480 e. The molecule has 8 nitrogen and oxygen atoms in total. The van der Waals surface area contributed by atoms with Gasteiger partial charge in [0, 0.05) is 12.7 Å². The summed E-state index contributed by atoms with van der Waals surface area (Å²) in [5, 5.41) is 3.11. The number of H-pyrrole nitrogens is 2. The SMILES string of the molecule is COc1cncc(NCc2cnc3[nH]c(=O)[nH]c3c2)n1. The Morgan fingerprint density at radius 1 is 1.30 bits per heavy atom. The molecule has 0 spiro atoms. The van der Waals surface area contributed by atoms with Gasteiger partial charge in [0.05, 0.1) is 25.0 Å². The van der Waals surface area contributed by atoms with E-state index in [0.29, 0.717) is 29.4 Å². The van der Waals surface area contributed by atoms with Crippen LogP contribution in [0, 0.1) is 0 Å². The molecule has 3 rings (SSSR count). The molecule has 0 fully saturated rings. The number of rotatable bonds is 4. The molecule has 3 N–H and O–H groups in total. The Hall–Kier alpha value is -2.90. The fourth-order valence-electron chi connectivity index (χ4n) is 1.78. The quantitative estimate of drug-likeness (QED) is 0.644. The van der Waals surface area contributed by atoms with E-state index in [-0.39, 0.29) is 5.69 Å². The molecule has 102 valence electrons. The van der Waals surface area contributed by atoms with Gasteiger partial charge in [-0.25, -0.2) is 9.78 Å². The van der Waals surface area contributed by atoms with Crippen molar-refractivity contribution in [2.45, 2.75) is 6.54 Å². The second-order valence-electron chi connectivity index (χ2n) is 4.12. The maximum Gasteiger partial charge on any atom is 0.325 e. The summed E-state index contributed by atoms with van der Waals surface area (Å²) in [5.41, 5.74) is 1.86. The van der Waals surface area contributed by atoms with Crippen LogP contribution in [0.15, 0.2) is 29.5 Å². The van der Waals surface area contributed by atoms with Crippen LogP contribution in [0.2, 0.25) is 0 Å². The lowest BCUT2D eigenvalue weighted by molar-refractivity contribution is 0.396. The Kier molecular flexibility index (Phi) is 3.04. The number of pyridine rings is 1. The Morgan fingerprint density at radius 3 is 3.05 bits per heavy atom. The lowest BCUT2D eigenvalue weighted by Crippen LogP contribution is -2.03. The summed E-state index contributed by atoms with van der Waals surface area (Å²) < 4.78 is 5.00. The van der Waals surface area contributed by atoms with Crippen LogP contribution in [0.4, 0.5) is 5.82 Å². The normalized spacial score (nSPS) is 10.7. The molecule has 0 aliphatic heterocycles. The molecule has 20 heavy (non-hydrogen) atoms. The van der Waals surface area contributed by atoms with Crippen molar-refractivity contribution in [2.75, 3.05) is 12.4 Å². The maximum atomic E-state index is 11.2. The van der Waals surface area contributed by atoms with E-state index in [4.69, 9.17) is 4.74 Å². The number of aromatic amines is 2. The van der Waals surface area contributed by atoms with Gasteiger partial charge >= 0.3 is 5.69 Å². The third kappa shape index (κ3) is 2.44. The minimum atomic E-state index is -0.267. The number of nitrogens with one attached hydrogen (secondary N) is 3. The molecule has 3 heterocycles. The molecule has 0 amide bonds. The maximum absolute atomic E-state index is 11.2. The average Bonchev–Trinajstić information content (AvgIpc) is 2.84. The first kappa shape index (κ1) is 12.2. The summed E-state index contributed by atoms with van der Waals surface area (Å²) in [6.45, 7) is 0.512. The number of methoxy groups -OCH3 is 1. The molecule has 3 aromatic rings. The predicted molar refractivity (Wildman–Crippen MR) is 72.6 cm³/mol. The van der Waals surface area contributed by atoms with Gasteiger partial charge in [0.25, 0.3) is 0 Å². The number of imidazole rings is 1. The van der Waals surface area contributed by atoms with Gasteiger partial charge in [-0.1, -0.05) is 0 Å². The van der Waals surface area contributed by atoms with Crippen LogP contribution in [0.1, 0.15) is 5.56 Å². The van der Waals surface area contributed by atoms with Gasteiger partial charge in [0.1, 0.15) is 5.82 Å². The molecule has 0 atom stereocenters. The number of hydrogen-bond acceptors (Lipinski definition) is 6. The van der Waals surface area contributed by atoms with Crippen molar-refractivity contribution >= 4 is 17.0 Å². The molecular formula is C12H12N6O2. The highest BCUT2D eigenvalue weighted by Gasteiger charge is 2.02. The molecule has 0 bridgehead atoms. The van der Waals surface area contributed by atoms with Crippen LogP contribution in [0.3, 0.4) is 0 Å². The first-order valence-corrected chi connectivity index (χ1v) is 5.91. The lowest BCUT2D eigenvalue weighted by Gasteiger charge is -2.06. The predicted octanol–water partition coefficient (Wildman–Crippen LogP) is 0.662. The first-order chi connectivity index (χ1) is 9.74. The average molecular weight is 272 g/mol. The third-order valence-electron chi connectivity index (χ3n) is 2.72. The highest BCUT2D eigenvalue weighted by atomic mass is 16.5. The topological polar surface area (TPSA) is 109 Å². The second kappa shape index (κ2) is 5.00. The number of hydrogen-bond donors (Lipinski definition) is 3. The molecule has 0 aliphatic carbocycles. The van der Waals surface area contributed by atoms with E-state index in [1.807, 2.05) is 6.07 Å². The van der Waals surface area contributed by atoms with E-state index in [1.165, 1.54) is 13.3 Å². The standard InChI is InChI=1S/C12H12N6O2/c1-20-10-6-13-5-9(17-10)14-3-7-2-8-11(15-4-7)18-12(19)16-8/h2,4-6H,3H2,1H3,(H,14,17)(H2,15,16,18,19). The van der Waals surface area contributed by atoms with Crippen molar-refractivity contribution in [3.05, 3.63) is 40.7 Å². The van der Waals surface area contributed by atoms with Crippen molar-refractivity contribution in [1.82, 2.24) is 24.9 Å². The van der Waals surface area contributed by atoms with Crippen molar-refractivity contribution < 1.29 is 4.74 Å². The molecule has 0 saturated heterocycles. The first-order valence-electron chi connectivity index (χ1n) is 5.91. The monoisotopic (exact) mass is 272 g/mol. The van der Waals surface area contributed by atoms with Crippen LogP contribution in [0.25, 0.3) is 11.2 Å².